The van der Waals surface area contributed by atoms with Gasteiger partial charge in [0.05, 0.1) is 6.10 Å². The van der Waals surface area contributed by atoms with Crippen LogP contribution in [0.1, 0.15) is 45.4 Å². The fourth-order valence-corrected chi connectivity index (χ4v) is 9.98. The Labute approximate surface area is 212 Å². The van der Waals surface area contributed by atoms with Crippen LogP contribution in [0.5, 0.6) is 0 Å². The summed E-state index contributed by atoms with van der Waals surface area (Å²) < 4.78 is 14.8. The smallest absolute Gasteiger partial charge is 0.330 e. The molecule has 0 radical (unpaired) electrons. The highest BCUT2D eigenvalue weighted by Crippen LogP contribution is 2.40. The lowest BCUT2D eigenvalue weighted by Gasteiger charge is -2.43. The lowest BCUT2D eigenvalue weighted by atomic mass is 10.00. The lowest BCUT2D eigenvalue weighted by Crippen LogP contribution is -2.67. The summed E-state index contributed by atoms with van der Waals surface area (Å²) in [4.78, 5) is 26.7. The number of nitrogens with zero attached hydrogens (tertiary/aromatic N) is 1. The zero-order chi connectivity index (χ0) is 25.9. The van der Waals surface area contributed by atoms with Crippen LogP contribution in [0.15, 0.2) is 76.4 Å². The molecule has 2 aromatic carbocycles. The number of aliphatic hydroxyl groups is 1. The molecule has 192 valence electrons. The van der Waals surface area contributed by atoms with Gasteiger partial charge >= 0.3 is 5.69 Å². The normalized spacial score (nSPS) is 20.5. The maximum atomic E-state index is 12.5. The van der Waals surface area contributed by atoms with Crippen LogP contribution in [0.2, 0.25) is 5.04 Å². The van der Waals surface area contributed by atoms with Gasteiger partial charge in [0.1, 0.15) is 6.23 Å². The number of ether oxygens (including phenoxy) is 1. The van der Waals surface area contributed by atoms with E-state index in [0.717, 1.165) is 0 Å². The van der Waals surface area contributed by atoms with Gasteiger partial charge in [-0.3, -0.25) is 14.3 Å². The summed E-state index contributed by atoms with van der Waals surface area (Å²) in [7, 11) is -2.73. The molecule has 4 rings (SSSR count). The van der Waals surface area contributed by atoms with Crippen LogP contribution in [0, 0.1) is 12.8 Å². The molecule has 1 aliphatic rings. The number of nitrogens with one attached hydrogen (secondary N) is 1. The first-order valence-electron chi connectivity index (χ1n) is 12.5. The molecule has 1 fully saturated rings. The van der Waals surface area contributed by atoms with Crippen molar-refractivity contribution in [3.05, 3.63) is 93.3 Å². The molecule has 0 aliphatic carbocycles. The van der Waals surface area contributed by atoms with E-state index in [1.165, 1.54) is 14.9 Å². The van der Waals surface area contributed by atoms with Crippen LogP contribution >= 0.6 is 0 Å². The van der Waals surface area contributed by atoms with Crippen LogP contribution in [0.4, 0.5) is 0 Å². The Hall–Kier alpha value is -2.78. The van der Waals surface area contributed by atoms with Crippen LogP contribution < -0.4 is 21.6 Å². The van der Waals surface area contributed by atoms with E-state index in [0.29, 0.717) is 25.0 Å². The maximum Gasteiger partial charge on any atom is 0.330 e. The number of aromatic nitrogens is 2. The van der Waals surface area contributed by atoms with Gasteiger partial charge in [-0.2, -0.15) is 0 Å². The molecule has 3 atom stereocenters. The summed E-state index contributed by atoms with van der Waals surface area (Å²) in [5.41, 5.74) is -0.441. The summed E-state index contributed by atoms with van der Waals surface area (Å²) in [6.45, 7) is 8.79. The van der Waals surface area contributed by atoms with E-state index >= 15 is 0 Å². The van der Waals surface area contributed by atoms with Gasteiger partial charge in [-0.25, -0.2) is 4.79 Å². The summed E-state index contributed by atoms with van der Waals surface area (Å²) in [6, 6.07) is 20.9. The van der Waals surface area contributed by atoms with Crippen molar-refractivity contribution >= 4 is 18.7 Å². The van der Waals surface area contributed by atoms with Crippen molar-refractivity contribution in [2.24, 2.45) is 5.92 Å². The second kappa shape index (κ2) is 10.7. The zero-order valence-electron chi connectivity index (χ0n) is 21.4. The summed E-state index contributed by atoms with van der Waals surface area (Å²) in [5, 5.41) is 12.0. The number of H-pyrrole nitrogens is 1. The molecule has 36 heavy (non-hydrogen) atoms. The van der Waals surface area contributed by atoms with Gasteiger partial charge in [0.15, 0.2) is 0 Å². The number of aromatic amines is 1. The summed E-state index contributed by atoms with van der Waals surface area (Å²) in [6.07, 6.45) is 1.75. The minimum Gasteiger partial charge on any atom is -0.407 e. The molecule has 0 bridgehead atoms. The molecule has 3 aromatic rings. The van der Waals surface area contributed by atoms with E-state index in [9.17, 15) is 14.7 Å². The largest absolute Gasteiger partial charge is 0.407 e. The molecule has 1 saturated heterocycles. The third kappa shape index (κ3) is 5.04. The molecule has 0 spiro atoms. The molecule has 0 amide bonds. The first-order valence-corrected chi connectivity index (χ1v) is 14.4. The van der Waals surface area contributed by atoms with Gasteiger partial charge in [0.25, 0.3) is 13.9 Å². The number of aliphatic hydroxyl groups excluding tert-OH is 1. The van der Waals surface area contributed by atoms with Crippen LogP contribution in [-0.2, 0) is 9.16 Å². The Morgan fingerprint density at radius 1 is 1.06 bits per heavy atom. The third-order valence-electron chi connectivity index (χ3n) is 7.16. The van der Waals surface area contributed by atoms with E-state index in [1.54, 1.807) is 13.1 Å². The predicted octanol–water partition coefficient (Wildman–Crippen LogP) is 2.71. The van der Waals surface area contributed by atoms with Gasteiger partial charge < -0.3 is 14.3 Å². The van der Waals surface area contributed by atoms with Gasteiger partial charge in [0, 0.05) is 37.3 Å². The number of hydrogen-bond donors (Lipinski definition) is 2. The minimum atomic E-state index is -2.73. The highest BCUT2D eigenvalue weighted by Gasteiger charge is 2.51. The molecule has 1 aromatic heterocycles. The van der Waals surface area contributed by atoms with Crippen LogP contribution in [0.25, 0.3) is 0 Å². The zero-order valence-corrected chi connectivity index (χ0v) is 22.4. The van der Waals surface area contributed by atoms with Crippen molar-refractivity contribution in [3.8, 4) is 0 Å². The molecular formula is C28H36N2O5Si. The first-order chi connectivity index (χ1) is 17.2. The van der Waals surface area contributed by atoms with Crippen molar-refractivity contribution in [2.45, 2.75) is 57.9 Å². The van der Waals surface area contributed by atoms with E-state index in [4.69, 9.17) is 9.16 Å². The summed E-state index contributed by atoms with van der Waals surface area (Å²) >= 11 is 0. The Balaban J connectivity index is 1.69. The second-order valence-electron chi connectivity index (χ2n) is 10.6. The first kappa shape index (κ1) is 26.3. The highest BCUT2D eigenvalue weighted by atomic mass is 28.4. The fraction of sp³-hybridized carbons (Fsp3) is 0.429. The fourth-order valence-electron chi connectivity index (χ4n) is 5.36. The van der Waals surface area contributed by atoms with Gasteiger partial charge in [-0.05, 0) is 28.8 Å². The molecule has 2 N–H and O–H groups in total. The number of hydrogen-bond acceptors (Lipinski definition) is 5. The van der Waals surface area contributed by atoms with Crippen molar-refractivity contribution in [2.75, 3.05) is 13.2 Å². The molecule has 0 unspecified atom stereocenters. The average Bonchev–Trinajstić information content (AvgIpc) is 3.25. The van der Waals surface area contributed by atoms with E-state index in [1.807, 2.05) is 12.1 Å². The quantitative estimate of drug-likeness (QED) is 0.457. The number of aryl methyl sites for hydroxylation is 1. The van der Waals surface area contributed by atoms with Gasteiger partial charge in [-0.15, -0.1) is 0 Å². The summed E-state index contributed by atoms with van der Waals surface area (Å²) in [5.74, 6) is -0.0251. The molecular weight excluding hydrogens is 472 g/mol. The third-order valence-corrected chi connectivity index (χ3v) is 12.2. The van der Waals surface area contributed by atoms with Gasteiger partial charge in [-0.1, -0.05) is 81.4 Å². The van der Waals surface area contributed by atoms with E-state index < -0.39 is 25.8 Å². The Kier molecular flexibility index (Phi) is 7.80. The molecule has 0 saturated carbocycles. The van der Waals surface area contributed by atoms with E-state index in [2.05, 4.69) is 74.3 Å². The van der Waals surface area contributed by atoms with Crippen molar-refractivity contribution < 1.29 is 14.3 Å². The lowest BCUT2D eigenvalue weighted by molar-refractivity contribution is -0.0208. The molecule has 1 aliphatic heterocycles. The number of benzene rings is 2. The topological polar surface area (TPSA) is 93.6 Å². The SMILES string of the molecule is Cc1cn([C@@H]2C[C@H](CO[Si](c3ccccc3)(c3ccccc3)C(C)(C)C)[C@@H](CCO)O2)c(=O)[nH]c1=O. The Morgan fingerprint density at radius 3 is 2.17 bits per heavy atom. The highest BCUT2D eigenvalue weighted by molar-refractivity contribution is 6.99. The molecule has 2 heterocycles. The Bertz CT molecular complexity index is 1230. The van der Waals surface area contributed by atoms with Crippen LogP contribution in [0.3, 0.4) is 0 Å². The average molecular weight is 509 g/mol. The van der Waals surface area contributed by atoms with E-state index in [-0.39, 0.29) is 23.7 Å². The minimum absolute atomic E-state index is 0.0212. The van der Waals surface area contributed by atoms with Crippen LogP contribution in [-0.4, -0.2) is 42.3 Å². The molecule has 7 nitrogen and oxygen atoms in total. The molecule has 8 heteroatoms. The predicted molar refractivity (Wildman–Crippen MR) is 143 cm³/mol. The standard InChI is InChI=1S/C28H36N2O5Si/c1-20-18-30(27(33)29-26(20)32)25-17-21(24(35-25)15-16-31)19-34-36(28(2,3)4,22-11-7-5-8-12-22)23-13-9-6-10-14-23/h5-14,18,21,24-25,31H,15-17,19H2,1-4H3,(H,29,32,33)/t21-,24-,25+/m1/s1. The monoisotopic (exact) mass is 508 g/mol. The van der Waals surface area contributed by atoms with Gasteiger partial charge in [0.2, 0.25) is 0 Å². The Morgan fingerprint density at radius 2 is 1.64 bits per heavy atom. The second-order valence-corrected chi connectivity index (χ2v) is 14.9. The van der Waals surface area contributed by atoms with Crippen molar-refractivity contribution in [3.63, 3.8) is 0 Å². The van der Waals surface area contributed by atoms with Crippen molar-refractivity contribution in [1.82, 2.24) is 9.55 Å². The maximum absolute atomic E-state index is 12.5. The van der Waals surface area contributed by atoms with Crippen molar-refractivity contribution in [1.29, 1.82) is 0 Å². The number of rotatable bonds is 8.